The monoisotopic (exact) mass is 546 g/mol. The van der Waals surface area contributed by atoms with E-state index in [9.17, 15) is 18.7 Å². The molecular formula is C27H32F2N4O4S. The maximum atomic E-state index is 14.2. The molecule has 2 aliphatic heterocycles. The first-order valence-electron chi connectivity index (χ1n) is 12.9. The van der Waals surface area contributed by atoms with Gasteiger partial charge in [0.2, 0.25) is 0 Å². The fourth-order valence-corrected chi connectivity index (χ4v) is 6.80. The van der Waals surface area contributed by atoms with Crippen LogP contribution in [-0.2, 0) is 20.7 Å². The van der Waals surface area contributed by atoms with Gasteiger partial charge in [-0.2, -0.15) is 0 Å². The number of methoxy groups -OCH3 is 1. The number of fused-ring (bicyclic) bond motifs is 1. The maximum absolute atomic E-state index is 14.2. The number of aromatic nitrogens is 2. The van der Waals surface area contributed by atoms with E-state index in [1.807, 2.05) is 23.6 Å². The van der Waals surface area contributed by atoms with Crippen LogP contribution in [0.5, 0.6) is 0 Å². The second-order valence-corrected chi connectivity index (χ2v) is 10.9. The highest BCUT2D eigenvalue weighted by Gasteiger charge is 2.51. The van der Waals surface area contributed by atoms with Crippen molar-refractivity contribution in [2.45, 2.75) is 63.7 Å². The van der Waals surface area contributed by atoms with Gasteiger partial charge < -0.3 is 24.4 Å². The lowest BCUT2D eigenvalue weighted by atomic mass is 9.76. The molecule has 1 N–H and O–H groups in total. The lowest BCUT2D eigenvalue weighted by molar-refractivity contribution is -0.144. The van der Waals surface area contributed by atoms with Crippen LogP contribution in [0.3, 0.4) is 0 Å². The predicted octanol–water partition coefficient (Wildman–Crippen LogP) is 3.86. The van der Waals surface area contributed by atoms with Crippen molar-refractivity contribution >= 4 is 22.8 Å². The quantitative estimate of drug-likeness (QED) is 0.564. The smallest absolute Gasteiger partial charge is 0.274 e. The van der Waals surface area contributed by atoms with Gasteiger partial charge in [-0.05, 0) is 51.2 Å². The minimum atomic E-state index is -1.21. The predicted molar refractivity (Wildman–Crippen MR) is 138 cm³/mol. The number of ether oxygens (including phenoxy) is 2. The van der Waals surface area contributed by atoms with Crippen LogP contribution in [0.2, 0.25) is 0 Å². The number of likely N-dealkylation sites (N-methyl/N-ethyl adjacent to an activating group) is 1. The molecule has 1 unspecified atom stereocenters. The summed E-state index contributed by atoms with van der Waals surface area (Å²) in [6.45, 7) is 5.77. The Hall–Kier alpha value is -2.89. The van der Waals surface area contributed by atoms with E-state index in [4.69, 9.17) is 9.47 Å². The lowest BCUT2D eigenvalue weighted by Crippen LogP contribution is -2.65. The first kappa shape index (κ1) is 26.7. The van der Waals surface area contributed by atoms with Crippen molar-refractivity contribution in [1.82, 2.24) is 20.0 Å². The lowest BCUT2D eigenvalue weighted by Gasteiger charge is -2.54. The Kier molecular flexibility index (Phi) is 7.52. The molecule has 1 saturated heterocycles. The van der Waals surface area contributed by atoms with Gasteiger partial charge in [0.1, 0.15) is 33.5 Å². The summed E-state index contributed by atoms with van der Waals surface area (Å²) < 4.78 is 38.9. The minimum Gasteiger partial charge on any atom is -0.496 e. The third-order valence-corrected chi connectivity index (χ3v) is 8.69. The summed E-state index contributed by atoms with van der Waals surface area (Å²) in [5.74, 6) is -1.28. The molecule has 38 heavy (non-hydrogen) atoms. The maximum Gasteiger partial charge on any atom is 0.274 e. The van der Waals surface area contributed by atoms with Crippen molar-refractivity contribution in [2.24, 2.45) is 0 Å². The third-order valence-electron chi connectivity index (χ3n) is 7.72. The normalized spacial score (nSPS) is 25.6. The Morgan fingerprint density at radius 3 is 2.63 bits per heavy atom. The molecule has 1 saturated carbocycles. The van der Waals surface area contributed by atoms with Crippen LogP contribution in [0.4, 0.5) is 8.78 Å². The van der Waals surface area contributed by atoms with E-state index >= 15 is 0 Å². The van der Waals surface area contributed by atoms with Crippen LogP contribution in [-0.4, -0.2) is 75.6 Å². The number of hydrogen-bond donors (Lipinski definition) is 1. The molecule has 3 aliphatic rings. The van der Waals surface area contributed by atoms with E-state index in [2.05, 4.69) is 10.2 Å². The number of halogens is 2. The first-order valence-corrected chi connectivity index (χ1v) is 13.8. The van der Waals surface area contributed by atoms with Crippen LogP contribution in [0.25, 0.3) is 5.57 Å². The average Bonchev–Trinajstić information content (AvgIpc) is 3.36. The van der Waals surface area contributed by atoms with Gasteiger partial charge in [-0.1, -0.05) is 17.4 Å². The molecule has 1 aromatic heterocycles. The molecule has 2 aromatic rings. The molecule has 0 bridgehead atoms. The van der Waals surface area contributed by atoms with Crippen LogP contribution in [0.1, 0.15) is 55.1 Å². The molecule has 2 fully saturated rings. The standard InChI is InChI=1S/C27H32F2N4O4S/c1-4-33-26(35)22-24(36-3)23(34)19(14-32(22)15-27(33)10-8-18(9-11-27)37-5-2)25-31-30-21(38-25)12-16-6-7-17(28)13-20(16)29/h6-7,13-14,18,23,34H,4-5,8-12,15H2,1-3H3. The summed E-state index contributed by atoms with van der Waals surface area (Å²) in [5.41, 5.74) is 0.752. The highest BCUT2D eigenvalue weighted by Crippen LogP contribution is 2.44. The molecule has 5 rings (SSSR count). The minimum absolute atomic E-state index is 0.142. The zero-order valence-corrected chi connectivity index (χ0v) is 22.6. The van der Waals surface area contributed by atoms with Crippen molar-refractivity contribution in [3.05, 3.63) is 63.1 Å². The number of carbonyl (C=O) groups is 1. The summed E-state index contributed by atoms with van der Waals surface area (Å²) >= 11 is 1.21. The Morgan fingerprint density at radius 1 is 1.21 bits per heavy atom. The summed E-state index contributed by atoms with van der Waals surface area (Å²) in [7, 11) is 1.44. The number of piperazine rings is 1. The molecule has 1 aromatic carbocycles. The van der Waals surface area contributed by atoms with Gasteiger partial charge in [0.25, 0.3) is 5.91 Å². The van der Waals surface area contributed by atoms with Crippen molar-refractivity contribution in [3.63, 3.8) is 0 Å². The number of aliphatic hydroxyl groups is 1. The number of carbonyl (C=O) groups excluding carboxylic acids is 1. The number of rotatable bonds is 7. The fourth-order valence-electron chi connectivity index (χ4n) is 5.90. The zero-order chi connectivity index (χ0) is 27.0. The Labute approximate surface area is 224 Å². The largest absolute Gasteiger partial charge is 0.496 e. The molecule has 1 spiro atoms. The van der Waals surface area contributed by atoms with Crippen LogP contribution in [0.15, 0.2) is 35.9 Å². The van der Waals surface area contributed by atoms with E-state index in [0.717, 1.165) is 31.7 Å². The topological polar surface area (TPSA) is 88.0 Å². The number of aliphatic hydroxyl groups excluding tert-OH is 1. The van der Waals surface area contributed by atoms with Crippen LogP contribution >= 0.6 is 11.3 Å². The highest BCUT2D eigenvalue weighted by molar-refractivity contribution is 7.12. The Balaban J connectivity index is 1.45. The molecular weight excluding hydrogens is 514 g/mol. The Bertz CT molecular complexity index is 1270. The highest BCUT2D eigenvalue weighted by atomic mass is 32.1. The van der Waals surface area contributed by atoms with Crippen molar-refractivity contribution in [1.29, 1.82) is 0 Å². The second kappa shape index (κ2) is 10.7. The molecule has 11 heteroatoms. The van der Waals surface area contributed by atoms with Crippen molar-refractivity contribution in [3.8, 4) is 0 Å². The van der Waals surface area contributed by atoms with Gasteiger partial charge in [-0.25, -0.2) is 8.78 Å². The third kappa shape index (κ3) is 4.71. The number of hydrogen-bond acceptors (Lipinski definition) is 8. The van der Waals surface area contributed by atoms with Gasteiger partial charge in [-0.3, -0.25) is 4.79 Å². The molecule has 1 amide bonds. The van der Waals surface area contributed by atoms with E-state index in [0.29, 0.717) is 46.5 Å². The summed E-state index contributed by atoms with van der Waals surface area (Å²) in [6, 6.07) is 3.43. The average molecular weight is 547 g/mol. The zero-order valence-electron chi connectivity index (χ0n) is 21.7. The van der Waals surface area contributed by atoms with Gasteiger partial charge in [0.05, 0.1) is 18.8 Å². The second-order valence-electron chi connectivity index (χ2n) is 9.87. The molecule has 1 aliphatic carbocycles. The number of nitrogens with zero attached hydrogens (tertiary/aromatic N) is 4. The van der Waals surface area contributed by atoms with Gasteiger partial charge in [0, 0.05) is 44.0 Å². The summed E-state index contributed by atoms with van der Waals surface area (Å²) in [6.07, 6.45) is 4.30. The molecule has 0 radical (unpaired) electrons. The van der Waals surface area contributed by atoms with E-state index in [-0.39, 0.29) is 29.7 Å². The van der Waals surface area contributed by atoms with Crippen LogP contribution < -0.4 is 0 Å². The summed E-state index contributed by atoms with van der Waals surface area (Å²) in [4.78, 5) is 17.6. The molecule has 1 atom stereocenters. The van der Waals surface area contributed by atoms with Crippen molar-refractivity contribution in [2.75, 3.05) is 26.8 Å². The Morgan fingerprint density at radius 2 is 1.97 bits per heavy atom. The summed E-state index contributed by atoms with van der Waals surface area (Å²) in [5, 5.41) is 20.6. The van der Waals surface area contributed by atoms with E-state index < -0.39 is 17.7 Å². The molecule has 8 nitrogen and oxygen atoms in total. The van der Waals surface area contributed by atoms with Gasteiger partial charge in [-0.15, -0.1) is 10.2 Å². The van der Waals surface area contributed by atoms with E-state index in [1.165, 1.54) is 30.6 Å². The van der Waals surface area contributed by atoms with Gasteiger partial charge in [0.15, 0.2) is 5.76 Å². The van der Waals surface area contributed by atoms with Gasteiger partial charge >= 0.3 is 0 Å². The number of amides is 1. The molecule has 3 heterocycles. The number of benzene rings is 1. The molecule has 204 valence electrons. The van der Waals surface area contributed by atoms with Crippen molar-refractivity contribution < 1.29 is 28.2 Å². The van der Waals surface area contributed by atoms with Crippen LogP contribution in [0, 0.1) is 11.6 Å². The first-order chi connectivity index (χ1) is 18.3. The fraction of sp³-hybridized carbons (Fsp3) is 0.519. The van der Waals surface area contributed by atoms with E-state index in [1.54, 1.807) is 6.20 Å². The SMILES string of the molecule is CCOC1CCC2(CC1)CN1C=C(c3nnc(Cc4ccc(F)cc4F)s3)C(O)C(OC)=C1C(=O)N2CC.